The molecule has 2 unspecified atom stereocenters. The molecule has 164 valence electrons. The van der Waals surface area contributed by atoms with Crippen LogP contribution in [0.2, 0.25) is 0 Å². The van der Waals surface area contributed by atoms with Crippen LogP contribution in [0.4, 0.5) is 10.1 Å². The minimum atomic E-state index is -1.32. The van der Waals surface area contributed by atoms with Gasteiger partial charge < -0.3 is 24.4 Å². The van der Waals surface area contributed by atoms with E-state index < -0.39 is 21.9 Å². The van der Waals surface area contributed by atoms with Gasteiger partial charge in [0.15, 0.2) is 0 Å². The Labute approximate surface area is 178 Å². The van der Waals surface area contributed by atoms with Crippen molar-refractivity contribution in [1.82, 2.24) is 4.57 Å². The molecule has 0 spiro atoms. The molecule has 0 amide bonds. The number of quaternary nitrogens is 1. The second-order valence-corrected chi connectivity index (χ2v) is 8.65. The van der Waals surface area contributed by atoms with Crippen molar-refractivity contribution < 1.29 is 18.9 Å². The minimum Gasteiger partial charge on any atom is -0.632 e. The maximum Gasteiger partial charge on any atom is 0.341 e. The van der Waals surface area contributed by atoms with E-state index in [0.29, 0.717) is 24.3 Å². The molecule has 0 radical (unpaired) electrons. The molecule has 1 aromatic carbocycles. The Morgan fingerprint density at radius 1 is 1.45 bits per heavy atom. The monoisotopic (exact) mass is 428 g/mol. The van der Waals surface area contributed by atoms with E-state index in [4.69, 9.17) is 5.26 Å². The molecule has 2 aromatic rings. The largest absolute Gasteiger partial charge is 0.632 e. The summed E-state index contributed by atoms with van der Waals surface area (Å²) in [7, 11) is 0. The van der Waals surface area contributed by atoms with E-state index in [0.717, 1.165) is 12.8 Å². The molecule has 2 atom stereocenters. The number of aromatic carboxylic acids is 1. The van der Waals surface area contributed by atoms with Crippen LogP contribution in [0, 0.1) is 29.3 Å². The zero-order chi connectivity index (χ0) is 22.5. The fraction of sp³-hybridized carbons (Fsp3) is 0.500. The number of aromatic nitrogens is 1. The third kappa shape index (κ3) is 3.56. The van der Waals surface area contributed by atoms with Crippen molar-refractivity contribution in [2.24, 2.45) is 0 Å². The number of nitriles is 1. The lowest BCUT2D eigenvalue weighted by molar-refractivity contribution is -0.903. The molecule has 2 heterocycles. The number of hydroxylamine groups is 3. The van der Waals surface area contributed by atoms with Gasteiger partial charge in [-0.25, -0.2) is 9.18 Å². The number of anilines is 1. The highest BCUT2D eigenvalue weighted by atomic mass is 19.1. The first kappa shape index (κ1) is 21.3. The first-order chi connectivity index (χ1) is 14.7. The molecule has 2 aliphatic rings. The maximum atomic E-state index is 15.4. The summed E-state index contributed by atoms with van der Waals surface area (Å²) in [6, 6.07) is 3.40. The molecule has 9 heteroatoms. The van der Waals surface area contributed by atoms with E-state index >= 15 is 4.39 Å². The van der Waals surface area contributed by atoms with Crippen molar-refractivity contribution in [1.29, 1.82) is 5.26 Å². The zero-order valence-corrected chi connectivity index (χ0v) is 17.6. The second kappa shape index (κ2) is 7.62. The highest BCUT2D eigenvalue weighted by molar-refractivity contribution is 5.95. The molecule has 1 saturated carbocycles. The maximum absolute atomic E-state index is 15.4. The predicted molar refractivity (Wildman–Crippen MR) is 113 cm³/mol. The molecule has 31 heavy (non-hydrogen) atoms. The average molecular weight is 428 g/mol. The third-order valence-electron chi connectivity index (χ3n) is 6.63. The number of rotatable bonds is 5. The molecule has 1 aliphatic heterocycles. The predicted octanol–water partition coefficient (Wildman–Crippen LogP) is 2.92. The number of nitrogens with zero attached hydrogens (tertiary/aromatic N) is 4. The number of hydrogen-bond donors (Lipinski definition) is 1. The van der Waals surface area contributed by atoms with Gasteiger partial charge in [-0.15, -0.1) is 0 Å². The number of carbonyl (C=O) groups is 1. The van der Waals surface area contributed by atoms with Crippen LogP contribution in [-0.4, -0.2) is 52.5 Å². The first-order valence-corrected chi connectivity index (χ1v) is 10.5. The smallest absolute Gasteiger partial charge is 0.341 e. The van der Waals surface area contributed by atoms with Crippen molar-refractivity contribution in [3.05, 3.63) is 44.6 Å². The van der Waals surface area contributed by atoms with E-state index in [2.05, 4.69) is 0 Å². The van der Waals surface area contributed by atoms with Crippen LogP contribution in [0.25, 0.3) is 10.9 Å². The number of hydrogen-bond acceptors (Lipinski definition) is 5. The fourth-order valence-electron chi connectivity index (χ4n) is 4.55. The molecule has 1 aliphatic carbocycles. The van der Waals surface area contributed by atoms with Gasteiger partial charge in [0, 0.05) is 17.8 Å². The average Bonchev–Trinajstić information content (AvgIpc) is 3.56. The molecular weight excluding hydrogens is 403 g/mol. The van der Waals surface area contributed by atoms with E-state index in [-0.39, 0.29) is 48.1 Å². The number of pyridine rings is 1. The third-order valence-corrected chi connectivity index (χ3v) is 6.63. The first-order valence-electron chi connectivity index (χ1n) is 10.5. The normalized spacial score (nSPS) is 23.7. The van der Waals surface area contributed by atoms with Gasteiger partial charge in [-0.3, -0.25) is 4.79 Å². The second-order valence-electron chi connectivity index (χ2n) is 8.65. The number of fused-ring (bicyclic) bond motifs is 1. The van der Waals surface area contributed by atoms with Crippen LogP contribution in [-0.2, 0) is 0 Å². The molecule has 1 saturated heterocycles. The van der Waals surface area contributed by atoms with Gasteiger partial charge in [0.1, 0.15) is 17.4 Å². The number of halogens is 1. The minimum absolute atomic E-state index is 0.0936. The molecule has 4 rings (SSSR count). The van der Waals surface area contributed by atoms with Gasteiger partial charge in [-0.1, -0.05) is 0 Å². The van der Waals surface area contributed by atoms with Crippen molar-refractivity contribution in [3.63, 3.8) is 0 Å². The van der Waals surface area contributed by atoms with Gasteiger partial charge >= 0.3 is 5.97 Å². The summed E-state index contributed by atoms with van der Waals surface area (Å²) in [5.41, 5.74) is -0.0638. The Bertz CT molecular complexity index is 1170. The summed E-state index contributed by atoms with van der Waals surface area (Å²) in [6.07, 6.45) is 3.29. The number of carboxylic acid groups (broad SMARTS) is 1. The number of aryl methyl sites for hydroxylation is 1. The summed E-state index contributed by atoms with van der Waals surface area (Å²) in [4.78, 5) is 26.2. The van der Waals surface area contributed by atoms with Crippen molar-refractivity contribution >= 4 is 22.6 Å². The Kier molecular flexibility index (Phi) is 5.23. The molecule has 1 aromatic heterocycles. The lowest BCUT2D eigenvalue weighted by Crippen LogP contribution is -2.62. The lowest BCUT2D eigenvalue weighted by Gasteiger charge is -2.53. The number of carboxylic acids is 1. The van der Waals surface area contributed by atoms with Crippen LogP contribution < -0.4 is 10.3 Å². The van der Waals surface area contributed by atoms with E-state index in [1.807, 2.05) is 17.9 Å². The van der Waals surface area contributed by atoms with E-state index in [9.17, 15) is 19.9 Å². The number of benzene rings is 1. The topological polar surface area (TPSA) is 109 Å². The quantitative estimate of drug-likeness (QED) is 0.579. The summed E-state index contributed by atoms with van der Waals surface area (Å²) >= 11 is 0. The van der Waals surface area contributed by atoms with Gasteiger partial charge in [-0.2, -0.15) is 5.26 Å². The van der Waals surface area contributed by atoms with E-state index in [1.54, 1.807) is 10.6 Å². The zero-order valence-electron chi connectivity index (χ0n) is 17.6. The Morgan fingerprint density at radius 3 is 2.74 bits per heavy atom. The lowest BCUT2D eigenvalue weighted by atomic mass is 10.0. The number of piperazine rings is 1. The van der Waals surface area contributed by atoms with Gasteiger partial charge in [0.25, 0.3) is 0 Å². The highest BCUT2D eigenvalue weighted by Gasteiger charge is 2.35. The Morgan fingerprint density at radius 2 is 2.16 bits per heavy atom. The van der Waals surface area contributed by atoms with Crippen LogP contribution in [0.3, 0.4) is 0 Å². The summed E-state index contributed by atoms with van der Waals surface area (Å²) < 4.78 is 16.7. The molecular formula is C22H25FN4O4. The van der Waals surface area contributed by atoms with Crippen LogP contribution in [0.15, 0.2) is 17.1 Å². The Balaban J connectivity index is 1.81. The molecule has 0 bridgehead atoms. The standard InChI is InChI=1S/C22H25FN4O4/c1-13-11-25(7-9-27(13,31)8-3-6-24)18-10-17-19(14(2)20(18)23)21(28)16(22(29)30)12-26(17)15-4-5-15/h10,12-13,15H,3-5,7-9,11H2,1-2H3,(H,29,30). The Hall–Kier alpha value is -2.96. The van der Waals surface area contributed by atoms with Gasteiger partial charge in [0.2, 0.25) is 5.43 Å². The summed E-state index contributed by atoms with van der Waals surface area (Å²) in [5, 5.41) is 31.4. The van der Waals surface area contributed by atoms with E-state index in [1.165, 1.54) is 13.1 Å². The molecule has 8 nitrogen and oxygen atoms in total. The van der Waals surface area contributed by atoms with Crippen molar-refractivity contribution in [3.8, 4) is 6.07 Å². The van der Waals surface area contributed by atoms with Crippen molar-refractivity contribution in [2.45, 2.75) is 45.2 Å². The van der Waals surface area contributed by atoms with Crippen molar-refractivity contribution in [2.75, 3.05) is 31.1 Å². The summed E-state index contributed by atoms with van der Waals surface area (Å²) in [5.74, 6) is -1.89. The van der Waals surface area contributed by atoms with Gasteiger partial charge in [-0.05, 0) is 32.8 Å². The van der Waals surface area contributed by atoms with Crippen LogP contribution in [0.5, 0.6) is 0 Å². The van der Waals surface area contributed by atoms with Gasteiger partial charge in [0.05, 0.1) is 55.3 Å². The van der Waals surface area contributed by atoms with Crippen LogP contribution in [0.1, 0.15) is 48.1 Å². The highest BCUT2D eigenvalue weighted by Crippen LogP contribution is 2.39. The molecule has 1 N–H and O–H groups in total. The fourth-order valence-corrected chi connectivity index (χ4v) is 4.55. The SMILES string of the molecule is Cc1c(F)c(N2CC[N+]([O-])(CCC#N)C(C)C2)cc2c1c(=O)c(C(=O)O)cn2C1CC1. The molecule has 2 fully saturated rings. The summed E-state index contributed by atoms with van der Waals surface area (Å²) in [6.45, 7) is 4.43. The van der Waals surface area contributed by atoms with Crippen LogP contribution >= 0.6 is 0 Å².